The van der Waals surface area contributed by atoms with Crippen molar-refractivity contribution in [2.45, 2.75) is 84.5 Å². The number of aliphatic carboxylic acids is 1. The Labute approximate surface area is 237 Å². The maximum atomic E-state index is 13.1. The zero-order valence-corrected chi connectivity index (χ0v) is 24.3. The van der Waals surface area contributed by atoms with Crippen LogP contribution < -0.4 is 9.47 Å². The van der Waals surface area contributed by atoms with Crippen molar-refractivity contribution in [3.63, 3.8) is 0 Å². The molecule has 0 aliphatic carbocycles. The van der Waals surface area contributed by atoms with Crippen molar-refractivity contribution in [1.29, 1.82) is 0 Å². The summed E-state index contributed by atoms with van der Waals surface area (Å²) in [4.78, 5) is 26.1. The Bertz CT molecular complexity index is 1330. The van der Waals surface area contributed by atoms with Crippen molar-refractivity contribution < 1.29 is 24.2 Å². The second-order valence-corrected chi connectivity index (χ2v) is 11.7. The second-order valence-electron chi connectivity index (χ2n) is 11.7. The number of carboxylic acids is 1. The SMILES string of the molecule is CC(C)Oc1cccc(CN(CC(=O)O)C(=O)CCc2ccc3c(c2)C[C@](C)(Cc2ccc(C(C)C)cc2)O3)c1. The molecule has 0 spiro atoms. The summed E-state index contributed by atoms with van der Waals surface area (Å²) in [5.74, 6) is 0.885. The summed E-state index contributed by atoms with van der Waals surface area (Å²) < 4.78 is 12.1. The minimum absolute atomic E-state index is 0.0267. The van der Waals surface area contributed by atoms with Crippen LogP contribution in [0.1, 0.15) is 74.8 Å². The molecule has 0 unspecified atom stereocenters. The Kier molecular flexibility index (Phi) is 9.18. The van der Waals surface area contributed by atoms with Gasteiger partial charge in [0.05, 0.1) is 6.10 Å². The van der Waals surface area contributed by atoms with E-state index >= 15 is 0 Å². The summed E-state index contributed by atoms with van der Waals surface area (Å²) in [6, 6.07) is 22.4. The van der Waals surface area contributed by atoms with Crippen LogP contribution in [-0.2, 0) is 35.4 Å². The summed E-state index contributed by atoms with van der Waals surface area (Å²) in [5, 5.41) is 9.44. The van der Waals surface area contributed by atoms with Crippen LogP contribution in [0.3, 0.4) is 0 Å². The van der Waals surface area contributed by atoms with Gasteiger partial charge in [-0.25, -0.2) is 0 Å². The van der Waals surface area contributed by atoms with Crippen LogP contribution in [0.15, 0.2) is 66.7 Å². The lowest BCUT2D eigenvalue weighted by Crippen LogP contribution is -2.35. The van der Waals surface area contributed by atoms with Crippen molar-refractivity contribution in [2.24, 2.45) is 0 Å². The van der Waals surface area contributed by atoms with Gasteiger partial charge in [-0.1, -0.05) is 62.4 Å². The lowest BCUT2D eigenvalue weighted by atomic mass is 9.90. The number of hydrogen-bond donors (Lipinski definition) is 1. The predicted octanol–water partition coefficient (Wildman–Crippen LogP) is 6.58. The molecule has 1 aliphatic heterocycles. The zero-order valence-electron chi connectivity index (χ0n) is 24.3. The van der Waals surface area contributed by atoms with Crippen molar-refractivity contribution >= 4 is 11.9 Å². The maximum absolute atomic E-state index is 13.1. The first-order chi connectivity index (χ1) is 19.0. The van der Waals surface area contributed by atoms with E-state index in [-0.39, 0.29) is 37.1 Å². The Balaban J connectivity index is 1.37. The number of rotatable bonds is 12. The minimum atomic E-state index is -1.03. The first kappa shape index (κ1) is 29.2. The molecule has 0 saturated carbocycles. The first-order valence-corrected chi connectivity index (χ1v) is 14.1. The van der Waals surface area contributed by atoms with E-state index in [1.165, 1.54) is 16.0 Å². The largest absolute Gasteiger partial charge is 0.491 e. The Hall–Kier alpha value is -3.80. The van der Waals surface area contributed by atoms with E-state index in [0.717, 1.165) is 35.3 Å². The van der Waals surface area contributed by atoms with Crippen molar-refractivity contribution in [3.8, 4) is 11.5 Å². The molecular weight excluding hydrogens is 502 g/mol. The molecule has 1 atom stereocenters. The normalized spacial score (nSPS) is 16.1. The van der Waals surface area contributed by atoms with E-state index in [0.29, 0.717) is 18.1 Å². The van der Waals surface area contributed by atoms with E-state index in [4.69, 9.17) is 9.47 Å². The highest BCUT2D eigenvalue weighted by Gasteiger charge is 2.35. The minimum Gasteiger partial charge on any atom is -0.491 e. The first-order valence-electron chi connectivity index (χ1n) is 14.1. The summed E-state index contributed by atoms with van der Waals surface area (Å²) >= 11 is 0. The fourth-order valence-electron chi connectivity index (χ4n) is 5.30. The number of hydrogen-bond acceptors (Lipinski definition) is 4. The van der Waals surface area contributed by atoms with Gasteiger partial charge in [0.15, 0.2) is 0 Å². The van der Waals surface area contributed by atoms with E-state index < -0.39 is 5.97 Å². The van der Waals surface area contributed by atoms with Crippen LogP contribution in [0.25, 0.3) is 0 Å². The third-order valence-electron chi connectivity index (χ3n) is 7.22. The highest BCUT2D eigenvalue weighted by molar-refractivity contribution is 5.81. The van der Waals surface area contributed by atoms with Crippen LogP contribution in [0.4, 0.5) is 0 Å². The third-order valence-corrected chi connectivity index (χ3v) is 7.22. The average molecular weight is 544 g/mol. The number of amides is 1. The van der Waals surface area contributed by atoms with E-state index in [1.54, 1.807) is 0 Å². The van der Waals surface area contributed by atoms with Crippen molar-refractivity contribution in [1.82, 2.24) is 4.90 Å². The Morgan fingerprint density at radius 3 is 2.38 bits per heavy atom. The van der Waals surface area contributed by atoms with E-state index in [2.05, 4.69) is 51.1 Å². The monoisotopic (exact) mass is 543 g/mol. The molecule has 0 aromatic heterocycles. The Morgan fingerprint density at radius 2 is 1.70 bits per heavy atom. The number of nitrogens with zero attached hydrogens (tertiary/aromatic N) is 1. The van der Waals surface area contributed by atoms with Crippen molar-refractivity contribution in [3.05, 3.63) is 94.5 Å². The zero-order chi connectivity index (χ0) is 28.9. The molecule has 1 aliphatic rings. The number of fused-ring (bicyclic) bond motifs is 1. The molecule has 3 aromatic rings. The molecule has 40 heavy (non-hydrogen) atoms. The smallest absolute Gasteiger partial charge is 0.323 e. The van der Waals surface area contributed by atoms with Gasteiger partial charge >= 0.3 is 5.97 Å². The summed E-state index contributed by atoms with van der Waals surface area (Å²) in [5.41, 5.74) is 5.30. The molecule has 1 heterocycles. The van der Waals surface area contributed by atoms with Gasteiger partial charge in [-0.2, -0.15) is 0 Å². The average Bonchev–Trinajstić information content (AvgIpc) is 3.21. The molecule has 1 N–H and O–H groups in total. The quantitative estimate of drug-likeness (QED) is 0.279. The second kappa shape index (κ2) is 12.6. The molecular formula is C34H41NO5. The number of ether oxygens (including phenoxy) is 2. The molecule has 3 aromatic carbocycles. The number of benzene rings is 3. The van der Waals surface area contributed by atoms with Gasteiger partial charge in [-0.05, 0) is 79.1 Å². The molecule has 6 nitrogen and oxygen atoms in total. The molecule has 6 heteroatoms. The number of aryl methyl sites for hydroxylation is 1. The standard InChI is InChI=1S/C34H41NO5/c1-23(2)28-13-9-26(10-14-28)19-34(5)20-29-17-25(11-15-31(29)40-34)12-16-32(36)35(22-33(37)38)21-27-7-6-8-30(18-27)39-24(3)4/h6-11,13-15,17-18,23-24H,12,16,19-22H2,1-5H3,(H,37,38)/t34-/m0/s1. The van der Waals surface area contributed by atoms with Crippen molar-refractivity contribution in [2.75, 3.05) is 6.54 Å². The number of carbonyl (C=O) groups excluding carboxylic acids is 1. The lowest BCUT2D eigenvalue weighted by Gasteiger charge is -2.24. The topological polar surface area (TPSA) is 76.1 Å². The van der Waals surface area contributed by atoms with Gasteiger partial charge in [0.1, 0.15) is 23.6 Å². The molecule has 0 saturated heterocycles. The van der Waals surface area contributed by atoms with Crippen LogP contribution in [-0.4, -0.2) is 40.1 Å². The highest BCUT2D eigenvalue weighted by Crippen LogP contribution is 2.38. The van der Waals surface area contributed by atoms with Gasteiger partial charge in [0.25, 0.3) is 0 Å². The number of carbonyl (C=O) groups is 2. The van der Waals surface area contributed by atoms with Gasteiger partial charge < -0.3 is 19.5 Å². The fraction of sp³-hybridized carbons (Fsp3) is 0.412. The van der Waals surface area contributed by atoms with Crippen LogP contribution in [0.5, 0.6) is 11.5 Å². The van der Waals surface area contributed by atoms with Crippen LogP contribution in [0.2, 0.25) is 0 Å². The molecule has 212 valence electrons. The van der Waals surface area contributed by atoms with Crippen LogP contribution >= 0.6 is 0 Å². The lowest BCUT2D eigenvalue weighted by molar-refractivity contribution is -0.144. The molecule has 4 rings (SSSR count). The summed E-state index contributed by atoms with van der Waals surface area (Å²) in [6.07, 6.45) is 2.41. The molecule has 0 bridgehead atoms. The maximum Gasteiger partial charge on any atom is 0.323 e. The molecule has 0 fully saturated rings. The molecule has 1 amide bonds. The van der Waals surface area contributed by atoms with Gasteiger partial charge in [0.2, 0.25) is 5.91 Å². The van der Waals surface area contributed by atoms with Gasteiger partial charge in [-0.3, -0.25) is 9.59 Å². The summed E-state index contributed by atoms with van der Waals surface area (Å²) in [7, 11) is 0. The number of carboxylic acid groups (broad SMARTS) is 1. The van der Waals surface area contributed by atoms with E-state index in [9.17, 15) is 14.7 Å². The predicted molar refractivity (Wildman–Crippen MR) is 157 cm³/mol. The fourth-order valence-corrected chi connectivity index (χ4v) is 5.30. The van der Waals surface area contributed by atoms with Gasteiger partial charge in [0, 0.05) is 25.8 Å². The van der Waals surface area contributed by atoms with Gasteiger partial charge in [-0.15, -0.1) is 0 Å². The van der Waals surface area contributed by atoms with Crippen LogP contribution in [0, 0.1) is 0 Å². The highest BCUT2D eigenvalue weighted by atomic mass is 16.5. The molecule has 0 radical (unpaired) electrons. The van der Waals surface area contributed by atoms with E-state index in [1.807, 2.05) is 50.2 Å². The third kappa shape index (κ3) is 7.87. The summed E-state index contributed by atoms with van der Waals surface area (Å²) in [6.45, 7) is 10.3. The Morgan fingerprint density at radius 1 is 0.975 bits per heavy atom.